The van der Waals surface area contributed by atoms with Crippen LogP contribution in [0.2, 0.25) is 0 Å². The van der Waals surface area contributed by atoms with Crippen molar-refractivity contribution in [2.75, 3.05) is 19.6 Å². The van der Waals surface area contributed by atoms with E-state index >= 15 is 0 Å². The summed E-state index contributed by atoms with van der Waals surface area (Å²) in [5.41, 5.74) is 5.36. The van der Waals surface area contributed by atoms with Gasteiger partial charge in [-0.1, -0.05) is 142 Å². The van der Waals surface area contributed by atoms with Crippen molar-refractivity contribution in [2.24, 2.45) is 0 Å². The Morgan fingerprint density at radius 2 is 0.629 bits per heavy atom. The highest BCUT2D eigenvalue weighted by Gasteiger charge is 2.30. The van der Waals surface area contributed by atoms with Crippen molar-refractivity contribution in [1.29, 1.82) is 0 Å². The van der Waals surface area contributed by atoms with Crippen LogP contribution in [0.3, 0.4) is 0 Å². The molecule has 0 atom stereocenters. The largest absolute Gasteiger partial charge is 0.303 e. The monoisotopic (exact) mass is 462 g/mol. The van der Waals surface area contributed by atoms with Gasteiger partial charge in [-0.2, -0.15) is 21.9 Å². The number of hydrogen-bond donors (Lipinski definition) is 0. The molecule has 1 nitrogen and oxygen atoms in total. The first-order valence-electron chi connectivity index (χ1n) is 13.4. The molecule has 0 N–H and O–H groups in total. The van der Waals surface area contributed by atoms with Crippen LogP contribution in [0.5, 0.6) is 0 Å². The van der Waals surface area contributed by atoms with E-state index in [9.17, 15) is 0 Å². The summed E-state index contributed by atoms with van der Waals surface area (Å²) < 4.78 is 0. The van der Waals surface area contributed by atoms with Crippen LogP contribution >= 0.6 is 0 Å². The minimum atomic E-state index is -1.22. The molecule has 0 saturated carbocycles. The van der Waals surface area contributed by atoms with Crippen LogP contribution in [0.1, 0.15) is 40.0 Å². The zero-order chi connectivity index (χ0) is 24.8. The highest BCUT2D eigenvalue weighted by Crippen LogP contribution is 2.09. The van der Waals surface area contributed by atoms with Crippen LogP contribution < -0.4 is 21.9 Å². The molecule has 2 heteroatoms. The van der Waals surface area contributed by atoms with Gasteiger partial charge in [-0.25, -0.2) is 0 Å². The fourth-order valence-electron chi connectivity index (χ4n) is 5.41. The smallest absolute Gasteiger partial charge is 0.108 e. The number of rotatable bonds is 10. The quantitative estimate of drug-likeness (QED) is 0.278. The highest BCUT2D eigenvalue weighted by molar-refractivity contribution is 7.19. The molecule has 0 fully saturated rings. The third kappa shape index (κ3) is 6.74. The second kappa shape index (κ2) is 14.3. The van der Waals surface area contributed by atoms with E-state index in [-0.39, 0.29) is 0 Å². The van der Waals surface area contributed by atoms with Crippen molar-refractivity contribution in [2.45, 2.75) is 40.0 Å². The second-order valence-corrected chi connectivity index (χ2v) is 9.35. The minimum Gasteiger partial charge on any atom is -0.303 e. The molecule has 4 aromatic rings. The van der Waals surface area contributed by atoms with Crippen LogP contribution in [-0.4, -0.2) is 30.7 Å². The van der Waals surface area contributed by atoms with Gasteiger partial charge in [-0.3, -0.25) is 0 Å². The molecule has 0 saturated heterocycles. The zero-order valence-corrected chi connectivity index (χ0v) is 21.8. The fraction of sp³-hybridized carbons (Fsp3) is 0.273. The van der Waals surface area contributed by atoms with Crippen molar-refractivity contribution in [3.63, 3.8) is 0 Å². The lowest BCUT2D eigenvalue weighted by molar-refractivity contribution is 0.275. The Balaban J connectivity index is 0.000000292. The van der Waals surface area contributed by atoms with Gasteiger partial charge in [-0.15, -0.1) is 0 Å². The van der Waals surface area contributed by atoms with E-state index in [0.717, 1.165) is 0 Å². The minimum absolute atomic E-state index is 1.22. The molecule has 0 aromatic heterocycles. The van der Waals surface area contributed by atoms with Gasteiger partial charge in [0.05, 0.1) is 0 Å². The summed E-state index contributed by atoms with van der Waals surface area (Å²) in [6.45, 7) is 10.6. The highest BCUT2D eigenvalue weighted by atomic mass is 15.1. The summed E-state index contributed by atoms with van der Waals surface area (Å²) >= 11 is 0. The number of hydrogen-bond acceptors (Lipinski definition) is 1. The summed E-state index contributed by atoms with van der Waals surface area (Å²) in [5, 5.41) is 0. The molecule has 0 aliphatic carbocycles. The Morgan fingerprint density at radius 1 is 0.400 bits per heavy atom. The summed E-state index contributed by atoms with van der Waals surface area (Å²) in [4.78, 5) is 2.54. The topological polar surface area (TPSA) is 3.24 Å². The SMILES string of the molecule is CCCN(CCC)CCC.c1ccc([B-](c2ccccc2)(c2ccccc2)c2ccccc2)cc1. The molecule has 35 heavy (non-hydrogen) atoms. The summed E-state index contributed by atoms with van der Waals surface area (Å²) in [7, 11) is 0. The van der Waals surface area contributed by atoms with Crippen LogP contribution in [0.25, 0.3) is 0 Å². The molecular weight excluding hydrogens is 421 g/mol. The van der Waals surface area contributed by atoms with Crippen LogP contribution in [0.15, 0.2) is 121 Å². The van der Waals surface area contributed by atoms with E-state index in [1.54, 1.807) is 0 Å². The van der Waals surface area contributed by atoms with E-state index < -0.39 is 6.15 Å². The molecule has 182 valence electrons. The van der Waals surface area contributed by atoms with Crippen molar-refractivity contribution in [1.82, 2.24) is 4.90 Å². The van der Waals surface area contributed by atoms with Gasteiger partial charge in [0.15, 0.2) is 0 Å². The first-order chi connectivity index (χ1) is 17.3. The number of nitrogens with zero attached hydrogens (tertiary/aromatic N) is 1. The molecule has 0 spiro atoms. The van der Waals surface area contributed by atoms with Gasteiger partial charge in [0.25, 0.3) is 0 Å². The first-order valence-corrected chi connectivity index (χ1v) is 13.4. The first kappa shape index (κ1) is 26.5. The van der Waals surface area contributed by atoms with Gasteiger partial charge in [0.2, 0.25) is 0 Å². The molecule has 0 aliphatic rings. The lowest BCUT2D eigenvalue weighted by Gasteiger charge is -2.44. The van der Waals surface area contributed by atoms with Gasteiger partial charge in [0.1, 0.15) is 6.15 Å². The second-order valence-electron chi connectivity index (χ2n) is 9.35. The van der Waals surface area contributed by atoms with Gasteiger partial charge in [0, 0.05) is 0 Å². The average molecular weight is 463 g/mol. The lowest BCUT2D eigenvalue weighted by Crippen LogP contribution is -2.74. The molecule has 4 rings (SSSR count). The average Bonchev–Trinajstić information content (AvgIpc) is 2.93. The van der Waals surface area contributed by atoms with Crippen molar-refractivity contribution < 1.29 is 0 Å². The van der Waals surface area contributed by atoms with E-state index in [1.807, 2.05) is 0 Å². The third-order valence-corrected chi connectivity index (χ3v) is 6.82. The van der Waals surface area contributed by atoms with E-state index in [1.165, 1.54) is 60.7 Å². The van der Waals surface area contributed by atoms with E-state index in [4.69, 9.17) is 0 Å². The fourth-order valence-corrected chi connectivity index (χ4v) is 5.41. The molecule has 4 aromatic carbocycles. The maximum absolute atomic E-state index is 2.54. The van der Waals surface area contributed by atoms with Crippen molar-refractivity contribution in [3.8, 4) is 0 Å². The standard InChI is InChI=1S/C24H20B.C9H21N/c1-5-13-21(14-6-1)25(22-15-7-2-8-16-22,23-17-9-3-10-18-23)24-19-11-4-12-20-24;1-4-7-10(8-5-2)9-6-3/h1-20H;4-9H2,1-3H3/q-1;. The molecule has 0 aliphatic heterocycles. The normalized spacial score (nSPS) is 11.1. The molecule has 0 heterocycles. The van der Waals surface area contributed by atoms with Gasteiger partial charge in [-0.05, 0) is 38.9 Å². The molecule has 0 radical (unpaired) electrons. The Labute approximate surface area is 213 Å². The van der Waals surface area contributed by atoms with Crippen molar-refractivity contribution >= 4 is 28.0 Å². The molecule has 0 amide bonds. The third-order valence-electron chi connectivity index (χ3n) is 6.82. The maximum Gasteiger partial charge on any atom is 0.108 e. The molecular formula is C33H41BN-. The summed E-state index contributed by atoms with van der Waals surface area (Å²) in [6, 6.07) is 43.5. The predicted molar refractivity (Wildman–Crippen MR) is 157 cm³/mol. The lowest BCUT2D eigenvalue weighted by atomic mass is 9.13. The van der Waals surface area contributed by atoms with Crippen LogP contribution in [0.4, 0.5) is 0 Å². The Morgan fingerprint density at radius 3 is 0.829 bits per heavy atom. The Bertz CT molecular complexity index is 887. The molecule has 0 bridgehead atoms. The zero-order valence-electron chi connectivity index (χ0n) is 21.8. The summed E-state index contributed by atoms with van der Waals surface area (Å²) in [6.07, 6.45) is 2.66. The van der Waals surface area contributed by atoms with E-state index in [0.29, 0.717) is 0 Å². The van der Waals surface area contributed by atoms with Crippen molar-refractivity contribution in [3.05, 3.63) is 121 Å². The molecule has 0 unspecified atom stereocenters. The van der Waals surface area contributed by atoms with E-state index in [2.05, 4.69) is 147 Å². The van der Waals surface area contributed by atoms with Crippen LogP contribution in [-0.2, 0) is 0 Å². The van der Waals surface area contributed by atoms with Crippen LogP contribution in [0, 0.1) is 0 Å². The Kier molecular flexibility index (Phi) is 10.9. The predicted octanol–water partition coefficient (Wildman–Crippen LogP) is 5.58. The van der Waals surface area contributed by atoms with Gasteiger partial charge < -0.3 is 4.90 Å². The maximum atomic E-state index is 2.54. The number of benzene rings is 4. The Hall–Kier alpha value is -3.10. The summed E-state index contributed by atoms with van der Waals surface area (Å²) in [5.74, 6) is 0. The van der Waals surface area contributed by atoms with Gasteiger partial charge >= 0.3 is 0 Å².